The maximum Gasteiger partial charge on any atom is 0.0247 e. The molecule has 110 valence electrons. The van der Waals surface area contributed by atoms with E-state index >= 15 is 0 Å². The molecule has 2 nitrogen and oxygen atoms in total. The monoisotopic (exact) mass is 264 g/mol. The highest BCUT2D eigenvalue weighted by Gasteiger charge is 2.49. The molecule has 2 saturated heterocycles. The second-order valence-corrected chi connectivity index (χ2v) is 8.05. The Hall–Kier alpha value is -0.0800. The Morgan fingerprint density at radius 1 is 1.11 bits per heavy atom. The third kappa shape index (κ3) is 2.58. The fourth-order valence-electron chi connectivity index (χ4n) is 4.40. The Labute approximate surface area is 119 Å². The molecule has 2 unspecified atom stereocenters. The van der Waals surface area contributed by atoms with Gasteiger partial charge in [-0.3, -0.25) is 9.80 Å². The smallest absolute Gasteiger partial charge is 0.0247 e. The average molecular weight is 264 g/mol. The van der Waals surface area contributed by atoms with Gasteiger partial charge in [-0.05, 0) is 49.5 Å². The van der Waals surface area contributed by atoms with Crippen LogP contribution in [0.25, 0.3) is 0 Å². The molecule has 0 aromatic heterocycles. The average Bonchev–Trinajstić information content (AvgIpc) is 2.99. The van der Waals surface area contributed by atoms with Gasteiger partial charge in [-0.15, -0.1) is 0 Å². The normalized spacial score (nSPS) is 35.1. The first-order chi connectivity index (χ1) is 9.02. The largest absolute Gasteiger partial charge is 0.298 e. The highest BCUT2D eigenvalue weighted by molar-refractivity contribution is 5.02. The Morgan fingerprint density at radius 3 is 2.42 bits per heavy atom. The van der Waals surface area contributed by atoms with E-state index in [-0.39, 0.29) is 0 Å². The van der Waals surface area contributed by atoms with Gasteiger partial charge in [-0.1, -0.05) is 27.7 Å². The van der Waals surface area contributed by atoms with E-state index in [4.69, 9.17) is 0 Å². The molecule has 3 rings (SSSR count). The van der Waals surface area contributed by atoms with E-state index in [0.717, 1.165) is 23.9 Å². The van der Waals surface area contributed by atoms with Crippen molar-refractivity contribution in [2.45, 2.75) is 65.5 Å². The lowest BCUT2D eigenvalue weighted by molar-refractivity contribution is 0.0104. The first kappa shape index (κ1) is 13.9. The lowest BCUT2D eigenvalue weighted by Gasteiger charge is -2.47. The zero-order valence-corrected chi connectivity index (χ0v) is 13.4. The minimum absolute atomic E-state index is 0.675. The summed E-state index contributed by atoms with van der Waals surface area (Å²) in [5.74, 6) is 1.66. The SMILES string of the molecule is CC(C)C1CN2CCCC2CN1CC1(C(C)C)CC1. The van der Waals surface area contributed by atoms with E-state index in [1.165, 1.54) is 51.9 Å². The zero-order chi connectivity index (χ0) is 13.6. The van der Waals surface area contributed by atoms with Crippen molar-refractivity contribution in [1.82, 2.24) is 9.80 Å². The van der Waals surface area contributed by atoms with Crippen LogP contribution in [-0.2, 0) is 0 Å². The summed E-state index contributed by atoms with van der Waals surface area (Å²) < 4.78 is 0. The van der Waals surface area contributed by atoms with Gasteiger partial charge in [0.2, 0.25) is 0 Å². The van der Waals surface area contributed by atoms with Crippen LogP contribution in [0.2, 0.25) is 0 Å². The molecule has 0 bridgehead atoms. The second kappa shape index (κ2) is 5.04. The minimum atomic E-state index is 0.675. The predicted octanol–water partition coefficient (Wildman–Crippen LogP) is 3.23. The number of hydrogen-bond acceptors (Lipinski definition) is 2. The second-order valence-electron chi connectivity index (χ2n) is 8.05. The maximum atomic E-state index is 2.88. The minimum Gasteiger partial charge on any atom is -0.298 e. The summed E-state index contributed by atoms with van der Waals surface area (Å²) in [6, 6.07) is 1.67. The van der Waals surface area contributed by atoms with Crippen molar-refractivity contribution in [2.24, 2.45) is 17.3 Å². The Balaban J connectivity index is 1.70. The summed E-state index contributed by atoms with van der Waals surface area (Å²) in [5, 5.41) is 0. The van der Waals surface area contributed by atoms with Crippen LogP contribution < -0.4 is 0 Å². The van der Waals surface area contributed by atoms with Gasteiger partial charge in [0.05, 0.1) is 0 Å². The predicted molar refractivity (Wildman–Crippen MR) is 81.3 cm³/mol. The first-order valence-electron chi connectivity index (χ1n) is 8.50. The van der Waals surface area contributed by atoms with Crippen LogP contribution in [0.1, 0.15) is 53.4 Å². The third-order valence-electron chi connectivity index (χ3n) is 6.24. The molecular weight excluding hydrogens is 232 g/mol. The molecule has 2 atom stereocenters. The molecule has 2 heterocycles. The van der Waals surface area contributed by atoms with E-state index < -0.39 is 0 Å². The lowest BCUT2D eigenvalue weighted by Crippen LogP contribution is -2.59. The van der Waals surface area contributed by atoms with Gasteiger partial charge in [0.1, 0.15) is 0 Å². The van der Waals surface area contributed by atoms with Crippen LogP contribution in [-0.4, -0.2) is 48.1 Å². The summed E-state index contributed by atoms with van der Waals surface area (Å²) in [6.45, 7) is 15.1. The molecule has 3 aliphatic rings. The molecule has 1 saturated carbocycles. The zero-order valence-electron chi connectivity index (χ0n) is 13.4. The Morgan fingerprint density at radius 2 is 1.84 bits per heavy atom. The maximum absolute atomic E-state index is 2.88. The molecule has 0 amide bonds. The van der Waals surface area contributed by atoms with Gasteiger partial charge < -0.3 is 0 Å². The lowest BCUT2D eigenvalue weighted by atomic mass is 9.89. The van der Waals surface area contributed by atoms with E-state index in [0.29, 0.717) is 5.41 Å². The molecule has 19 heavy (non-hydrogen) atoms. The molecule has 3 fully saturated rings. The summed E-state index contributed by atoms with van der Waals surface area (Å²) >= 11 is 0. The van der Waals surface area contributed by atoms with Crippen LogP contribution in [0.3, 0.4) is 0 Å². The van der Waals surface area contributed by atoms with Crippen molar-refractivity contribution < 1.29 is 0 Å². The van der Waals surface area contributed by atoms with Crippen LogP contribution >= 0.6 is 0 Å². The quantitative estimate of drug-likeness (QED) is 0.769. The topological polar surface area (TPSA) is 6.48 Å². The van der Waals surface area contributed by atoms with Gasteiger partial charge in [-0.25, -0.2) is 0 Å². The van der Waals surface area contributed by atoms with E-state index in [2.05, 4.69) is 37.5 Å². The highest BCUT2D eigenvalue weighted by atomic mass is 15.3. The van der Waals surface area contributed by atoms with Crippen LogP contribution in [0, 0.1) is 17.3 Å². The van der Waals surface area contributed by atoms with Crippen molar-refractivity contribution in [1.29, 1.82) is 0 Å². The molecular formula is C17H32N2. The third-order valence-corrected chi connectivity index (χ3v) is 6.24. The van der Waals surface area contributed by atoms with E-state index in [1.54, 1.807) is 0 Å². The summed E-state index contributed by atoms with van der Waals surface area (Å²) in [4.78, 5) is 5.65. The first-order valence-corrected chi connectivity index (χ1v) is 8.50. The molecule has 0 aromatic carbocycles. The fourth-order valence-corrected chi connectivity index (χ4v) is 4.40. The highest BCUT2D eigenvalue weighted by Crippen LogP contribution is 2.53. The Bertz CT molecular complexity index is 319. The summed E-state index contributed by atoms with van der Waals surface area (Å²) in [5.41, 5.74) is 0.675. The molecule has 2 heteroatoms. The van der Waals surface area contributed by atoms with Crippen molar-refractivity contribution in [2.75, 3.05) is 26.2 Å². The Kier molecular flexibility index (Phi) is 3.68. The number of nitrogens with zero attached hydrogens (tertiary/aromatic N) is 2. The van der Waals surface area contributed by atoms with Crippen LogP contribution in [0.5, 0.6) is 0 Å². The van der Waals surface area contributed by atoms with Gasteiger partial charge in [0.15, 0.2) is 0 Å². The van der Waals surface area contributed by atoms with Gasteiger partial charge in [-0.2, -0.15) is 0 Å². The van der Waals surface area contributed by atoms with E-state index in [9.17, 15) is 0 Å². The van der Waals surface area contributed by atoms with Gasteiger partial charge in [0.25, 0.3) is 0 Å². The number of fused-ring (bicyclic) bond motifs is 1. The fraction of sp³-hybridized carbons (Fsp3) is 1.00. The van der Waals surface area contributed by atoms with E-state index in [1.807, 2.05) is 0 Å². The number of rotatable bonds is 4. The van der Waals surface area contributed by atoms with Crippen molar-refractivity contribution >= 4 is 0 Å². The molecule has 2 aliphatic heterocycles. The molecule has 0 aromatic rings. The molecule has 0 radical (unpaired) electrons. The number of hydrogen-bond donors (Lipinski definition) is 0. The standard InChI is InChI=1S/C17H32N2/c1-13(2)16-11-18-9-5-6-15(18)10-19(16)12-17(7-8-17)14(3)4/h13-16H,5-12H2,1-4H3. The summed E-state index contributed by atoms with van der Waals surface area (Å²) in [7, 11) is 0. The molecule has 0 spiro atoms. The van der Waals surface area contributed by atoms with Gasteiger partial charge in [0, 0.05) is 31.7 Å². The molecule has 0 N–H and O–H groups in total. The number of piperazine rings is 1. The van der Waals surface area contributed by atoms with Crippen molar-refractivity contribution in [3.8, 4) is 0 Å². The van der Waals surface area contributed by atoms with Gasteiger partial charge >= 0.3 is 0 Å². The van der Waals surface area contributed by atoms with Crippen molar-refractivity contribution in [3.63, 3.8) is 0 Å². The van der Waals surface area contributed by atoms with Crippen molar-refractivity contribution in [3.05, 3.63) is 0 Å². The molecule has 1 aliphatic carbocycles. The van der Waals surface area contributed by atoms with Crippen LogP contribution in [0.4, 0.5) is 0 Å². The van der Waals surface area contributed by atoms with Crippen LogP contribution in [0.15, 0.2) is 0 Å². The summed E-state index contributed by atoms with van der Waals surface area (Å²) in [6.07, 6.45) is 5.81.